The van der Waals surface area contributed by atoms with E-state index in [4.69, 9.17) is 0 Å². The number of alkyl halides is 3. The second kappa shape index (κ2) is 4.99. The van der Waals surface area contributed by atoms with Crippen molar-refractivity contribution in [2.24, 2.45) is 0 Å². The summed E-state index contributed by atoms with van der Waals surface area (Å²) >= 11 is 3.26. The minimum absolute atomic E-state index is 0.306. The van der Waals surface area contributed by atoms with E-state index in [1.807, 2.05) is 0 Å². The van der Waals surface area contributed by atoms with Crippen LogP contribution < -0.4 is 5.32 Å². The lowest BCUT2D eigenvalue weighted by Crippen LogP contribution is -2.30. The molecule has 0 aliphatic rings. The molecule has 0 radical (unpaired) electrons. The van der Waals surface area contributed by atoms with E-state index in [1.165, 1.54) is 0 Å². The number of benzene rings is 1. The number of hydrogen-bond donors (Lipinski definition) is 1. The Bertz CT molecular complexity index is 307. The zero-order chi connectivity index (χ0) is 11.5. The monoisotopic (exact) mass is 281 g/mol. The second-order valence-corrected chi connectivity index (χ2v) is 4.18. The number of hydrogen-bond acceptors (Lipinski definition) is 1. The summed E-state index contributed by atoms with van der Waals surface area (Å²) in [5.41, 5.74) is 0.836. The van der Waals surface area contributed by atoms with Gasteiger partial charge in [0.2, 0.25) is 0 Å². The number of rotatable bonds is 3. The van der Waals surface area contributed by atoms with Crippen LogP contribution in [-0.4, -0.2) is 12.7 Å². The largest absolute Gasteiger partial charge is 0.401 e. The predicted octanol–water partition coefficient (Wildman–Crippen LogP) is 3.66. The van der Waals surface area contributed by atoms with Crippen LogP contribution in [0.2, 0.25) is 0 Å². The SMILES string of the molecule is C[C@H](NCC(F)(F)F)c1ccc(Br)cc1. The third kappa shape index (κ3) is 4.66. The summed E-state index contributed by atoms with van der Waals surface area (Å²) in [6, 6.07) is 6.89. The van der Waals surface area contributed by atoms with Crippen molar-refractivity contribution >= 4 is 15.9 Å². The Balaban J connectivity index is 2.54. The van der Waals surface area contributed by atoms with E-state index >= 15 is 0 Å². The van der Waals surface area contributed by atoms with Crippen molar-refractivity contribution in [2.75, 3.05) is 6.54 Å². The number of nitrogens with one attached hydrogen (secondary N) is 1. The van der Waals surface area contributed by atoms with Gasteiger partial charge < -0.3 is 5.32 Å². The Hall–Kier alpha value is -0.550. The van der Waals surface area contributed by atoms with Crippen LogP contribution in [0, 0.1) is 0 Å². The second-order valence-electron chi connectivity index (χ2n) is 3.27. The highest BCUT2D eigenvalue weighted by molar-refractivity contribution is 9.10. The van der Waals surface area contributed by atoms with E-state index < -0.39 is 12.7 Å². The first-order chi connectivity index (χ1) is 6.88. The van der Waals surface area contributed by atoms with Gasteiger partial charge in [0.15, 0.2) is 0 Å². The maximum Gasteiger partial charge on any atom is 0.401 e. The molecular formula is C10H11BrF3N. The molecule has 1 rings (SSSR count). The molecule has 0 saturated carbocycles. The van der Waals surface area contributed by atoms with E-state index in [0.29, 0.717) is 0 Å². The van der Waals surface area contributed by atoms with Crippen molar-refractivity contribution in [1.29, 1.82) is 0 Å². The molecule has 0 spiro atoms. The van der Waals surface area contributed by atoms with Gasteiger partial charge in [0.1, 0.15) is 0 Å². The van der Waals surface area contributed by atoms with Crippen LogP contribution in [0.15, 0.2) is 28.7 Å². The van der Waals surface area contributed by atoms with Crippen molar-refractivity contribution in [3.05, 3.63) is 34.3 Å². The first kappa shape index (κ1) is 12.5. The van der Waals surface area contributed by atoms with Crippen LogP contribution in [0.4, 0.5) is 13.2 Å². The molecule has 84 valence electrons. The van der Waals surface area contributed by atoms with E-state index in [0.717, 1.165) is 10.0 Å². The normalized spacial score (nSPS) is 13.9. The van der Waals surface area contributed by atoms with Crippen molar-refractivity contribution in [3.63, 3.8) is 0 Å². The van der Waals surface area contributed by atoms with Crippen LogP contribution in [0.1, 0.15) is 18.5 Å². The molecule has 1 atom stereocenters. The maximum atomic E-state index is 11.9. The van der Waals surface area contributed by atoms with Crippen LogP contribution in [0.3, 0.4) is 0 Å². The Labute approximate surface area is 94.8 Å². The first-order valence-electron chi connectivity index (χ1n) is 4.44. The zero-order valence-corrected chi connectivity index (χ0v) is 9.69. The molecule has 0 fully saturated rings. The summed E-state index contributed by atoms with van der Waals surface area (Å²) in [5, 5.41) is 2.42. The topological polar surface area (TPSA) is 12.0 Å². The van der Waals surface area contributed by atoms with Crippen molar-refractivity contribution in [2.45, 2.75) is 19.1 Å². The van der Waals surface area contributed by atoms with Gasteiger partial charge in [-0.25, -0.2) is 0 Å². The van der Waals surface area contributed by atoms with Crippen molar-refractivity contribution in [1.82, 2.24) is 5.32 Å². The summed E-state index contributed by atoms with van der Waals surface area (Å²) in [7, 11) is 0. The Morgan fingerprint density at radius 2 is 1.80 bits per heavy atom. The lowest BCUT2D eigenvalue weighted by Gasteiger charge is -2.15. The van der Waals surface area contributed by atoms with Gasteiger partial charge in [0, 0.05) is 10.5 Å². The highest BCUT2D eigenvalue weighted by Crippen LogP contribution is 2.18. The summed E-state index contributed by atoms with van der Waals surface area (Å²) in [4.78, 5) is 0. The number of halogens is 4. The summed E-state index contributed by atoms with van der Waals surface area (Å²) in [6.07, 6.45) is -4.16. The van der Waals surface area contributed by atoms with E-state index in [2.05, 4.69) is 21.2 Å². The zero-order valence-electron chi connectivity index (χ0n) is 8.11. The lowest BCUT2D eigenvalue weighted by atomic mass is 10.1. The van der Waals surface area contributed by atoms with Gasteiger partial charge in [-0.05, 0) is 24.6 Å². The molecule has 1 aromatic carbocycles. The molecular weight excluding hydrogens is 271 g/mol. The quantitative estimate of drug-likeness (QED) is 0.892. The van der Waals surface area contributed by atoms with Crippen LogP contribution in [-0.2, 0) is 0 Å². The standard InChI is InChI=1S/C10H11BrF3N/c1-7(15-6-10(12,13)14)8-2-4-9(11)5-3-8/h2-5,7,15H,6H2,1H3/t7-/m0/s1. The van der Waals surface area contributed by atoms with Gasteiger partial charge in [-0.15, -0.1) is 0 Å². The van der Waals surface area contributed by atoms with Gasteiger partial charge in [0.05, 0.1) is 6.54 Å². The minimum Gasteiger partial charge on any atom is -0.302 e. The summed E-state index contributed by atoms with van der Waals surface area (Å²) < 4.78 is 36.7. The third-order valence-electron chi connectivity index (χ3n) is 1.98. The fourth-order valence-corrected chi connectivity index (χ4v) is 1.40. The van der Waals surface area contributed by atoms with Gasteiger partial charge in [-0.2, -0.15) is 13.2 Å². The molecule has 0 unspecified atom stereocenters. The van der Waals surface area contributed by atoms with Crippen LogP contribution in [0.25, 0.3) is 0 Å². The Morgan fingerprint density at radius 1 is 1.27 bits per heavy atom. The lowest BCUT2D eigenvalue weighted by molar-refractivity contribution is -0.126. The van der Waals surface area contributed by atoms with E-state index in [-0.39, 0.29) is 6.04 Å². The van der Waals surface area contributed by atoms with Gasteiger partial charge in [-0.3, -0.25) is 0 Å². The Kier molecular flexibility index (Phi) is 4.16. The van der Waals surface area contributed by atoms with Crippen LogP contribution in [0.5, 0.6) is 0 Å². The molecule has 15 heavy (non-hydrogen) atoms. The highest BCUT2D eigenvalue weighted by Gasteiger charge is 2.27. The molecule has 0 bridgehead atoms. The summed E-state index contributed by atoms with van der Waals surface area (Å²) in [6.45, 7) is 0.735. The van der Waals surface area contributed by atoms with E-state index in [9.17, 15) is 13.2 Å². The van der Waals surface area contributed by atoms with Gasteiger partial charge in [-0.1, -0.05) is 28.1 Å². The first-order valence-corrected chi connectivity index (χ1v) is 5.23. The Morgan fingerprint density at radius 3 is 2.27 bits per heavy atom. The predicted molar refractivity (Wildman–Crippen MR) is 56.6 cm³/mol. The molecule has 0 saturated heterocycles. The highest BCUT2D eigenvalue weighted by atomic mass is 79.9. The molecule has 0 aromatic heterocycles. The molecule has 0 aliphatic heterocycles. The fourth-order valence-electron chi connectivity index (χ4n) is 1.14. The maximum absolute atomic E-state index is 11.9. The molecule has 5 heteroatoms. The van der Waals surface area contributed by atoms with Crippen molar-refractivity contribution in [3.8, 4) is 0 Å². The molecule has 1 nitrogen and oxygen atoms in total. The smallest absolute Gasteiger partial charge is 0.302 e. The van der Waals surface area contributed by atoms with Crippen LogP contribution >= 0.6 is 15.9 Å². The molecule has 0 heterocycles. The minimum atomic E-state index is -4.16. The van der Waals surface area contributed by atoms with E-state index in [1.54, 1.807) is 31.2 Å². The molecule has 1 N–H and O–H groups in total. The average molecular weight is 282 g/mol. The van der Waals surface area contributed by atoms with Crippen molar-refractivity contribution < 1.29 is 13.2 Å². The van der Waals surface area contributed by atoms with Gasteiger partial charge in [0.25, 0.3) is 0 Å². The van der Waals surface area contributed by atoms with Gasteiger partial charge >= 0.3 is 6.18 Å². The molecule has 0 amide bonds. The fraction of sp³-hybridized carbons (Fsp3) is 0.400. The molecule has 0 aliphatic carbocycles. The summed E-state index contributed by atoms with van der Waals surface area (Å²) in [5.74, 6) is 0. The average Bonchev–Trinajstić information content (AvgIpc) is 2.14. The third-order valence-corrected chi connectivity index (χ3v) is 2.51. The molecule has 1 aromatic rings.